The Hall–Kier alpha value is -3.29. The number of furan rings is 1. The number of aromatic nitrogens is 2. The molecule has 0 amide bonds. The Morgan fingerprint density at radius 1 is 1.15 bits per heavy atom. The minimum atomic E-state index is -0.132. The molecule has 0 radical (unpaired) electrons. The van der Waals surface area contributed by atoms with Gasteiger partial charge in [-0.2, -0.15) is 0 Å². The first-order chi connectivity index (χ1) is 16.5. The zero-order valence-corrected chi connectivity index (χ0v) is 20.7. The van der Waals surface area contributed by atoms with Crippen LogP contribution in [0.4, 0.5) is 5.69 Å². The lowest BCUT2D eigenvalue weighted by Crippen LogP contribution is -2.29. The third-order valence-electron chi connectivity index (χ3n) is 6.34. The van der Waals surface area contributed by atoms with Crippen molar-refractivity contribution in [3.05, 3.63) is 100 Å². The number of nitrogens with one attached hydrogen (secondary N) is 1. The van der Waals surface area contributed by atoms with Gasteiger partial charge in [0.1, 0.15) is 11.5 Å². The summed E-state index contributed by atoms with van der Waals surface area (Å²) in [7, 11) is 1.61. The number of hydrogen-bond donors (Lipinski definition) is 1. The van der Waals surface area contributed by atoms with Gasteiger partial charge < -0.3 is 23.9 Å². The third kappa shape index (κ3) is 3.95. The van der Waals surface area contributed by atoms with Crippen molar-refractivity contribution >= 4 is 34.6 Å². The van der Waals surface area contributed by atoms with Crippen molar-refractivity contribution in [1.82, 2.24) is 14.9 Å². The quantitative estimate of drug-likeness (QED) is 0.334. The van der Waals surface area contributed by atoms with Crippen LogP contribution in [-0.4, -0.2) is 21.8 Å². The Morgan fingerprint density at radius 3 is 2.68 bits per heavy atom. The molecule has 0 spiro atoms. The van der Waals surface area contributed by atoms with Crippen LogP contribution in [0.25, 0.3) is 0 Å². The predicted molar refractivity (Wildman–Crippen MR) is 138 cm³/mol. The van der Waals surface area contributed by atoms with Crippen LogP contribution in [0.2, 0.25) is 5.02 Å². The SMILES string of the molecule is COc1ccc(N2C(=S)N[C@H](c3ccccn3)[C@H]2c2cc(C)n(Cc3ccco3)c2C)cc1Cl. The monoisotopic (exact) mass is 492 g/mol. The summed E-state index contributed by atoms with van der Waals surface area (Å²) >= 11 is 12.3. The van der Waals surface area contributed by atoms with Crippen molar-refractivity contribution in [2.45, 2.75) is 32.5 Å². The van der Waals surface area contributed by atoms with E-state index in [-0.39, 0.29) is 12.1 Å². The molecule has 1 fully saturated rings. The fraction of sp³-hybridized carbons (Fsp3) is 0.231. The van der Waals surface area contributed by atoms with Gasteiger partial charge >= 0.3 is 0 Å². The Kier molecular flexibility index (Phi) is 6.06. The molecule has 4 aromatic rings. The average molecular weight is 493 g/mol. The Bertz CT molecular complexity index is 1320. The molecular weight excluding hydrogens is 468 g/mol. The lowest BCUT2D eigenvalue weighted by atomic mass is 9.96. The highest BCUT2D eigenvalue weighted by Gasteiger charge is 2.42. The second-order valence-corrected chi connectivity index (χ2v) is 9.10. The van der Waals surface area contributed by atoms with Crippen LogP contribution in [0.1, 0.15) is 40.5 Å². The molecule has 4 heterocycles. The summed E-state index contributed by atoms with van der Waals surface area (Å²) < 4.78 is 13.2. The van der Waals surface area contributed by atoms with Gasteiger partial charge in [-0.25, -0.2) is 0 Å². The summed E-state index contributed by atoms with van der Waals surface area (Å²) in [4.78, 5) is 6.77. The normalized spacial score (nSPS) is 17.8. The van der Waals surface area contributed by atoms with Crippen molar-refractivity contribution in [3.8, 4) is 5.75 Å². The van der Waals surface area contributed by atoms with Crippen molar-refractivity contribution in [2.24, 2.45) is 0 Å². The standard InChI is InChI=1S/C26H25ClN4O2S/c1-16-13-20(17(2)30(16)15-19-7-6-12-33-19)25-24(22-8-4-5-11-28-22)29-26(34)31(25)18-9-10-23(32-3)21(27)14-18/h4-14,24-25H,15H2,1-3H3,(H,29,34)/t24-,25-/m1/s1. The second kappa shape index (κ2) is 9.16. The number of benzene rings is 1. The van der Waals surface area contributed by atoms with Crippen LogP contribution in [0.3, 0.4) is 0 Å². The zero-order chi connectivity index (χ0) is 23.8. The van der Waals surface area contributed by atoms with E-state index in [1.807, 2.05) is 54.7 Å². The van der Waals surface area contributed by atoms with Gasteiger partial charge in [0.25, 0.3) is 0 Å². The van der Waals surface area contributed by atoms with Gasteiger partial charge in [-0.1, -0.05) is 17.7 Å². The molecule has 1 aromatic carbocycles. The van der Waals surface area contributed by atoms with E-state index in [1.165, 1.54) is 5.56 Å². The van der Waals surface area contributed by atoms with E-state index in [2.05, 4.69) is 39.7 Å². The number of pyridine rings is 1. The van der Waals surface area contributed by atoms with Crippen LogP contribution in [-0.2, 0) is 6.54 Å². The number of rotatable bonds is 6. The molecule has 0 saturated carbocycles. The lowest BCUT2D eigenvalue weighted by Gasteiger charge is -2.28. The van der Waals surface area contributed by atoms with E-state index in [1.54, 1.807) is 13.4 Å². The summed E-state index contributed by atoms with van der Waals surface area (Å²) in [5.74, 6) is 1.53. The van der Waals surface area contributed by atoms with Gasteiger partial charge in [0.05, 0.1) is 42.7 Å². The molecule has 174 valence electrons. The summed E-state index contributed by atoms with van der Waals surface area (Å²) in [5, 5.41) is 4.67. The van der Waals surface area contributed by atoms with Crippen LogP contribution in [0.15, 0.2) is 71.5 Å². The van der Waals surface area contributed by atoms with E-state index >= 15 is 0 Å². The fourth-order valence-electron chi connectivity index (χ4n) is 4.68. The maximum Gasteiger partial charge on any atom is 0.174 e. The molecule has 1 aliphatic heterocycles. The molecule has 1 saturated heterocycles. The molecule has 3 aromatic heterocycles. The fourth-order valence-corrected chi connectivity index (χ4v) is 5.28. The first-order valence-corrected chi connectivity index (χ1v) is 11.8. The number of nitrogens with zero attached hydrogens (tertiary/aromatic N) is 3. The number of aryl methyl sites for hydroxylation is 1. The lowest BCUT2D eigenvalue weighted by molar-refractivity contribution is 0.415. The van der Waals surface area contributed by atoms with Crippen LogP contribution in [0, 0.1) is 13.8 Å². The van der Waals surface area contributed by atoms with E-state index in [0.717, 1.165) is 28.5 Å². The second-order valence-electron chi connectivity index (χ2n) is 8.31. The van der Waals surface area contributed by atoms with Crippen molar-refractivity contribution in [1.29, 1.82) is 0 Å². The molecule has 6 nitrogen and oxygen atoms in total. The first-order valence-electron chi connectivity index (χ1n) is 11.0. The first kappa shape index (κ1) is 22.5. The van der Waals surface area contributed by atoms with Gasteiger partial charge in [-0.3, -0.25) is 4.98 Å². The number of hydrogen-bond acceptors (Lipinski definition) is 4. The molecule has 2 atom stereocenters. The Labute approximate surface area is 209 Å². The molecule has 5 rings (SSSR count). The number of methoxy groups -OCH3 is 1. The minimum Gasteiger partial charge on any atom is -0.495 e. The molecule has 34 heavy (non-hydrogen) atoms. The summed E-state index contributed by atoms with van der Waals surface area (Å²) in [5.41, 5.74) is 5.28. The Morgan fingerprint density at radius 2 is 2.00 bits per heavy atom. The molecular formula is C26H25ClN4O2S. The Balaban J connectivity index is 1.63. The minimum absolute atomic E-state index is 0.122. The van der Waals surface area contributed by atoms with E-state index in [0.29, 0.717) is 22.4 Å². The van der Waals surface area contributed by atoms with Gasteiger partial charge in [-0.05, 0) is 80.2 Å². The van der Waals surface area contributed by atoms with Crippen molar-refractivity contribution in [3.63, 3.8) is 0 Å². The van der Waals surface area contributed by atoms with E-state index in [9.17, 15) is 0 Å². The van der Waals surface area contributed by atoms with Gasteiger partial charge in [-0.15, -0.1) is 0 Å². The average Bonchev–Trinajstić information content (AvgIpc) is 3.54. The van der Waals surface area contributed by atoms with Crippen molar-refractivity contribution in [2.75, 3.05) is 12.0 Å². The molecule has 8 heteroatoms. The van der Waals surface area contributed by atoms with E-state index < -0.39 is 0 Å². The highest BCUT2D eigenvalue weighted by Crippen LogP contribution is 2.44. The maximum absolute atomic E-state index is 6.50. The summed E-state index contributed by atoms with van der Waals surface area (Å²) in [6, 6.07) is 17.6. The summed E-state index contributed by atoms with van der Waals surface area (Å²) in [6.07, 6.45) is 3.51. The molecule has 0 aliphatic carbocycles. The summed E-state index contributed by atoms with van der Waals surface area (Å²) in [6.45, 7) is 4.92. The van der Waals surface area contributed by atoms with Gasteiger partial charge in [0.2, 0.25) is 0 Å². The largest absolute Gasteiger partial charge is 0.495 e. The van der Waals surface area contributed by atoms with Crippen LogP contribution in [0.5, 0.6) is 5.75 Å². The molecule has 0 unspecified atom stereocenters. The highest BCUT2D eigenvalue weighted by atomic mass is 35.5. The van der Waals surface area contributed by atoms with Gasteiger partial charge in [0.15, 0.2) is 5.11 Å². The predicted octanol–water partition coefficient (Wildman–Crippen LogP) is 5.98. The van der Waals surface area contributed by atoms with Gasteiger partial charge in [0, 0.05) is 23.3 Å². The smallest absolute Gasteiger partial charge is 0.174 e. The van der Waals surface area contributed by atoms with Crippen LogP contribution < -0.4 is 15.0 Å². The van der Waals surface area contributed by atoms with E-state index in [4.69, 9.17) is 33.0 Å². The van der Waals surface area contributed by atoms with Crippen molar-refractivity contribution < 1.29 is 9.15 Å². The third-order valence-corrected chi connectivity index (χ3v) is 6.95. The molecule has 0 bridgehead atoms. The number of halogens is 1. The highest BCUT2D eigenvalue weighted by molar-refractivity contribution is 7.80. The zero-order valence-electron chi connectivity index (χ0n) is 19.2. The topological polar surface area (TPSA) is 55.5 Å². The molecule has 1 N–H and O–H groups in total. The maximum atomic E-state index is 6.50. The number of thiocarbonyl (C=S) groups is 1. The molecule has 1 aliphatic rings. The number of ether oxygens (including phenoxy) is 1. The number of anilines is 1. The van der Waals surface area contributed by atoms with Crippen LogP contribution >= 0.6 is 23.8 Å².